The fourth-order valence-corrected chi connectivity index (χ4v) is 1.88. The van der Waals surface area contributed by atoms with Gasteiger partial charge in [-0.3, -0.25) is 0 Å². The molecule has 20 heavy (non-hydrogen) atoms. The van der Waals surface area contributed by atoms with Crippen LogP contribution in [0.4, 0.5) is 10.1 Å². The van der Waals surface area contributed by atoms with Gasteiger partial charge in [0.25, 0.3) is 0 Å². The molecule has 0 saturated heterocycles. The first-order valence-corrected chi connectivity index (χ1v) is 6.34. The highest BCUT2D eigenvalue weighted by Crippen LogP contribution is 2.20. The quantitative estimate of drug-likeness (QED) is 0.905. The summed E-state index contributed by atoms with van der Waals surface area (Å²) in [5.74, 6) is 0.280. The Bertz CT molecular complexity index is 640. The van der Waals surface area contributed by atoms with Crippen molar-refractivity contribution in [3.05, 3.63) is 58.9 Å². The van der Waals surface area contributed by atoms with Gasteiger partial charge in [-0.1, -0.05) is 17.7 Å². The lowest BCUT2D eigenvalue weighted by atomic mass is 10.2. The molecule has 0 heterocycles. The number of nitriles is 1. The van der Waals surface area contributed by atoms with E-state index in [0.717, 1.165) is 5.69 Å². The number of nitrogens with zero attached hydrogens (tertiary/aromatic N) is 1. The molecule has 0 aliphatic rings. The van der Waals surface area contributed by atoms with Crippen molar-refractivity contribution in [3.8, 4) is 11.8 Å². The fraction of sp³-hybridized carbons (Fsp3) is 0.133. The Balaban J connectivity index is 2.03. The molecule has 0 amide bonds. The minimum absolute atomic E-state index is 0.00756. The zero-order valence-corrected chi connectivity index (χ0v) is 11.3. The van der Waals surface area contributed by atoms with Crippen molar-refractivity contribution in [2.24, 2.45) is 0 Å². The lowest BCUT2D eigenvalue weighted by molar-refractivity contribution is 0.368. The smallest absolute Gasteiger partial charge is 0.174 e. The summed E-state index contributed by atoms with van der Waals surface area (Å²) in [7, 11) is 0. The fourth-order valence-electron chi connectivity index (χ4n) is 1.69. The van der Waals surface area contributed by atoms with E-state index in [1.807, 2.05) is 12.1 Å². The van der Waals surface area contributed by atoms with Crippen molar-refractivity contribution in [1.29, 1.82) is 5.26 Å². The van der Waals surface area contributed by atoms with E-state index in [1.54, 1.807) is 24.3 Å². The van der Waals surface area contributed by atoms with Gasteiger partial charge in [0.2, 0.25) is 0 Å². The van der Waals surface area contributed by atoms with Crippen molar-refractivity contribution in [2.45, 2.75) is 6.54 Å². The summed E-state index contributed by atoms with van der Waals surface area (Å²) in [5, 5.41) is 12.0. The van der Waals surface area contributed by atoms with Gasteiger partial charge in [0.05, 0.1) is 0 Å². The average Bonchev–Trinajstić information content (AvgIpc) is 2.46. The van der Waals surface area contributed by atoms with E-state index >= 15 is 0 Å². The van der Waals surface area contributed by atoms with E-state index in [4.69, 9.17) is 21.6 Å². The van der Waals surface area contributed by atoms with Crippen molar-refractivity contribution in [1.82, 2.24) is 0 Å². The number of hydrogen-bond donors (Lipinski definition) is 1. The second-order valence-corrected chi connectivity index (χ2v) is 4.50. The highest BCUT2D eigenvalue weighted by molar-refractivity contribution is 6.30. The van der Waals surface area contributed by atoms with Crippen molar-refractivity contribution >= 4 is 17.3 Å². The predicted molar refractivity (Wildman–Crippen MR) is 76.3 cm³/mol. The minimum Gasteiger partial charge on any atom is -0.479 e. The number of benzene rings is 2. The first-order chi connectivity index (χ1) is 9.69. The molecule has 5 heteroatoms. The third-order valence-electron chi connectivity index (χ3n) is 2.63. The highest BCUT2D eigenvalue weighted by atomic mass is 35.5. The topological polar surface area (TPSA) is 45.0 Å². The third-order valence-corrected chi connectivity index (χ3v) is 2.86. The van der Waals surface area contributed by atoms with Gasteiger partial charge in [-0.25, -0.2) is 4.39 Å². The monoisotopic (exact) mass is 290 g/mol. The van der Waals surface area contributed by atoms with Crippen LogP contribution >= 0.6 is 11.6 Å². The lowest BCUT2D eigenvalue weighted by Gasteiger charge is -2.09. The van der Waals surface area contributed by atoms with E-state index in [-0.39, 0.29) is 12.4 Å². The van der Waals surface area contributed by atoms with Gasteiger partial charge in [-0.2, -0.15) is 5.26 Å². The number of rotatable bonds is 5. The normalized spacial score (nSPS) is 9.85. The van der Waals surface area contributed by atoms with Gasteiger partial charge in [-0.05, 0) is 30.3 Å². The van der Waals surface area contributed by atoms with Gasteiger partial charge in [-0.15, -0.1) is 0 Å². The Morgan fingerprint density at radius 3 is 2.90 bits per heavy atom. The third kappa shape index (κ3) is 3.87. The minimum atomic E-state index is -0.307. The number of hydrogen-bond acceptors (Lipinski definition) is 3. The van der Waals surface area contributed by atoms with E-state index in [0.29, 0.717) is 22.9 Å². The number of anilines is 1. The maximum atomic E-state index is 13.6. The first-order valence-electron chi connectivity index (χ1n) is 5.96. The van der Waals surface area contributed by atoms with Gasteiger partial charge >= 0.3 is 0 Å². The van der Waals surface area contributed by atoms with Crippen LogP contribution in [-0.4, -0.2) is 6.61 Å². The van der Waals surface area contributed by atoms with Crippen LogP contribution in [0.2, 0.25) is 5.02 Å². The van der Waals surface area contributed by atoms with Gasteiger partial charge in [0, 0.05) is 28.9 Å². The Hall–Kier alpha value is -2.25. The lowest BCUT2D eigenvalue weighted by Crippen LogP contribution is -2.02. The summed E-state index contributed by atoms with van der Waals surface area (Å²) in [6.45, 7) is 0.306. The second-order valence-electron chi connectivity index (χ2n) is 4.06. The van der Waals surface area contributed by atoms with Crippen LogP contribution in [0.15, 0.2) is 42.5 Å². The maximum absolute atomic E-state index is 13.6. The number of nitrogens with one attached hydrogen (secondary N) is 1. The van der Waals surface area contributed by atoms with E-state index in [9.17, 15) is 4.39 Å². The highest BCUT2D eigenvalue weighted by Gasteiger charge is 2.03. The summed E-state index contributed by atoms with van der Waals surface area (Å²) >= 11 is 5.84. The Labute approximate surface area is 121 Å². The van der Waals surface area contributed by atoms with E-state index in [2.05, 4.69) is 5.32 Å². The molecule has 0 fully saturated rings. The largest absolute Gasteiger partial charge is 0.479 e. The average molecular weight is 291 g/mol. The summed E-state index contributed by atoms with van der Waals surface area (Å²) in [5.41, 5.74) is 1.26. The molecule has 0 bridgehead atoms. The molecule has 0 aromatic heterocycles. The summed E-state index contributed by atoms with van der Waals surface area (Å²) in [6.07, 6.45) is 0. The standard InChI is InChI=1S/C15H12ClFN2O/c16-12-4-5-15(17)11(8-12)10-19-13-2-1-3-14(9-13)20-7-6-18/h1-5,8-9,19H,7,10H2. The number of halogens is 2. The number of ether oxygens (including phenoxy) is 1. The molecule has 0 aliphatic heterocycles. The molecule has 1 N–H and O–H groups in total. The maximum Gasteiger partial charge on any atom is 0.174 e. The molecule has 0 aliphatic carbocycles. The van der Waals surface area contributed by atoms with Crippen molar-refractivity contribution in [3.63, 3.8) is 0 Å². The van der Waals surface area contributed by atoms with Crippen LogP contribution in [-0.2, 0) is 6.54 Å². The Morgan fingerprint density at radius 1 is 1.25 bits per heavy atom. The van der Waals surface area contributed by atoms with Crippen molar-refractivity contribution < 1.29 is 9.13 Å². The summed E-state index contributed by atoms with van der Waals surface area (Å²) in [4.78, 5) is 0. The zero-order valence-electron chi connectivity index (χ0n) is 10.6. The van der Waals surface area contributed by atoms with Crippen LogP contribution in [0, 0.1) is 17.1 Å². The van der Waals surface area contributed by atoms with E-state index in [1.165, 1.54) is 12.1 Å². The van der Waals surface area contributed by atoms with Crippen LogP contribution in [0.5, 0.6) is 5.75 Å². The molecular weight excluding hydrogens is 279 g/mol. The molecule has 2 aromatic rings. The van der Waals surface area contributed by atoms with Gasteiger partial charge in [0.1, 0.15) is 17.6 Å². The van der Waals surface area contributed by atoms with Crippen LogP contribution in [0.25, 0.3) is 0 Å². The Morgan fingerprint density at radius 2 is 2.10 bits per heavy atom. The van der Waals surface area contributed by atoms with Gasteiger partial charge < -0.3 is 10.1 Å². The molecule has 2 rings (SSSR count). The second kappa shape index (κ2) is 6.78. The SMILES string of the molecule is N#CCOc1cccc(NCc2cc(Cl)ccc2F)c1. The van der Waals surface area contributed by atoms with Crippen LogP contribution < -0.4 is 10.1 Å². The van der Waals surface area contributed by atoms with E-state index < -0.39 is 0 Å². The van der Waals surface area contributed by atoms with Crippen LogP contribution in [0.3, 0.4) is 0 Å². The summed E-state index contributed by atoms with van der Waals surface area (Å²) in [6, 6.07) is 13.5. The van der Waals surface area contributed by atoms with Crippen LogP contribution in [0.1, 0.15) is 5.56 Å². The Kier molecular flexibility index (Phi) is 4.80. The molecule has 0 atom stereocenters. The predicted octanol–water partition coefficient (Wildman–Crippen LogP) is 3.99. The molecule has 0 saturated carbocycles. The molecule has 0 unspecified atom stereocenters. The molecule has 3 nitrogen and oxygen atoms in total. The van der Waals surface area contributed by atoms with Crippen molar-refractivity contribution in [2.75, 3.05) is 11.9 Å². The molecule has 0 radical (unpaired) electrons. The molecular formula is C15H12ClFN2O. The first kappa shape index (κ1) is 14.2. The molecule has 2 aromatic carbocycles. The van der Waals surface area contributed by atoms with Gasteiger partial charge in [0.15, 0.2) is 6.61 Å². The summed E-state index contributed by atoms with van der Waals surface area (Å²) < 4.78 is 18.8. The molecule has 102 valence electrons. The molecule has 0 spiro atoms. The zero-order chi connectivity index (χ0) is 14.4.